The largest absolute Gasteiger partial charge is 0.497 e. The maximum atomic E-state index is 12.8. The highest BCUT2D eigenvalue weighted by atomic mass is 32.1. The van der Waals surface area contributed by atoms with E-state index in [1.54, 1.807) is 7.11 Å². The lowest BCUT2D eigenvalue weighted by Gasteiger charge is -2.11. The number of nitrogens with zero attached hydrogens (tertiary/aromatic N) is 1. The van der Waals surface area contributed by atoms with Crippen LogP contribution < -0.4 is 14.8 Å². The molecule has 0 bridgehead atoms. The van der Waals surface area contributed by atoms with Crippen molar-refractivity contribution in [3.05, 3.63) is 47.0 Å². The van der Waals surface area contributed by atoms with Crippen molar-refractivity contribution in [1.29, 1.82) is 0 Å². The number of anilines is 1. The van der Waals surface area contributed by atoms with E-state index in [1.807, 2.05) is 32.0 Å². The molecule has 0 fully saturated rings. The molecule has 27 heavy (non-hydrogen) atoms. The lowest BCUT2D eigenvalue weighted by atomic mass is 10.2. The van der Waals surface area contributed by atoms with E-state index in [0.717, 1.165) is 10.1 Å². The fraction of sp³-hybridized carbons (Fsp3) is 0.211. The number of hydrogen-bond acceptors (Lipinski definition) is 6. The van der Waals surface area contributed by atoms with Gasteiger partial charge in [0.1, 0.15) is 16.4 Å². The summed E-state index contributed by atoms with van der Waals surface area (Å²) in [6.07, 6.45) is 1.08. The summed E-state index contributed by atoms with van der Waals surface area (Å²) in [7, 11) is 1.58. The zero-order valence-corrected chi connectivity index (χ0v) is 15.8. The molecule has 0 unspecified atom stereocenters. The number of nitrogens with one attached hydrogen (secondary N) is 1. The number of fused-ring (bicyclic) bond motifs is 1. The Kier molecular flexibility index (Phi) is 5.27. The Balaban J connectivity index is 1.96. The maximum absolute atomic E-state index is 12.8. The van der Waals surface area contributed by atoms with E-state index in [-0.39, 0.29) is 23.4 Å². The summed E-state index contributed by atoms with van der Waals surface area (Å²) >= 11 is 1.31. The number of rotatable bonds is 6. The second-order valence-electron chi connectivity index (χ2n) is 5.98. The number of methoxy groups -OCH3 is 1. The van der Waals surface area contributed by atoms with Crippen LogP contribution in [-0.4, -0.2) is 35.2 Å². The number of benzene rings is 1. The topological polar surface area (TPSA) is 97.8 Å². The van der Waals surface area contributed by atoms with Gasteiger partial charge in [0.15, 0.2) is 5.75 Å². The predicted octanol–water partition coefficient (Wildman–Crippen LogP) is 4.04. The summed E-state index contributed by atoms with van der Waals surface area (Å²) in [5.74, 6) is -0.0290. The van der Waals surface area contributed by atoms with Gasteiger partial charge in [0.05, 0.1) is 18.8 Å². The lowest BCUT2D eigenvalue weighted by Crippen LogP contribution is -2.14. The van der Waals surface area contributed by atoms with Crippen molar-refractivity contribution in [3.8, 4) is 11.5 Å². The van der Waals surface area contributed by atoms with Crippen molar-refractivity contribution in [2.75, 3.05) is 12.4 Å². The van der Waals surface area contributed by atoms with Gasteiger partial charge in [0.2, 0.25) is 0 Å². The summed E-state index contributed by atoms with van der Waals surface area (Å²) < 4.78 is 12.1. The summed E-state index contributed by atoms with van der Waals surface area (Å²) in [6, 6.07) is 8.36. The number of carbonyl (C=O) groups is 2. The van der Waals surface area contributed by atoms with Crippen molar-refractivity contribution >= 4 is 39.1 Å². The van der Waals surface area contributed by atoms with Crippen LogP contribution in [-0.2, 0) is 0 Å². The van der Waals surface area contributed by atoms with Crippen molar-refractivity contribution in [2.24, 2.45) is 0 Å². The molecule has 0 atom stereocenters. The minimum atomic E-state index is -1.08. The molecule has 1 amide bonds. The first kappa shape index (κ1) is 18.7. The number of pyridine rings is 1. The molecule has 0 spiro atoms. The number of aromatic nitrogens is 1. The summed E-state index contributed by atoms with van der Waals surface area (Å²) in [6.45, 7) is 3.77. The van der Waals surface area contributed by atoms with Gasteiger partial charge < -0.3 is 19.9 Å². The molecular weight excluding hydrogens is 368 g/mol. The molecule has 8 heteroatoms. The van der Waals surface area contributed by atoms with Gasteiger partial charge in [0.25, 0.3) is 5.91 Å². The van der Waals surface area contributed by atoms with Crippen LogP contribution in [0.15, 0.2) is 36.5 Å². The number of ether oxygens (including phenoxy) is 2. The van der Waals surface area contributed by atoms with Crippen LogP contribution in [0.5, 0.6) is 11.5 Å². The van der Waals surface area contributed by atoms with E-state index in [1.165, 1.54) is 29.7 Å². The fourth-order valence-electron chi connectivity index (χ4n) is 2.45. The number of aromatic carboxylic acids is 1. The molecule has 2 heterocycles. The molecule has 0 aliphatic carbocycles. The molecule has 140 valence electrons. The smallest absolute Gasteiger partial charge is 0.337 e. The SMILES string of the molecule is COc1ccc2sc(C(=O)Nc3ccc(C(=O)O)cn3)c(OC(C)C)c2c1. The third-order valence-electron chi connectivity index (χ3n) is 3.66. The van der Waals surface area contributed by atoms with Crippen molar-refractivity contribution in [3.63, 3.8) is 0 Å². The zero-order chi connectivity index (χ0) is 19.6. The van der Waals surface area contributed by atoms with Crippen LogP contribution in [0.4, 0.5) is 5.82 Å². The fourth-order valence-corrected chi connectivity index (χ4v) is 3.46. The Hall–Kier alpha value is -3.13. The van der Waals surface area contributed by atoms with Gasteiger partial charge in [-0.25, -0.2) is 9.78 Å². The van der Waals surface area contributed by atoms with E-state index in [2.05, 4.69) is 10.3 Å². The van der Waals surface area contributed by atoms with Crippen LogP contribution in [0.1, 0.15) is 33.9 Å². The zero-order valence-electron chi connectivity index (χ0n) is 15.0. The van der Waals surface area contributed by atoms with Gasteiger partial charge in [-0.05, 0) is 44.2 Å². The van der Waals surface area contributed by atoms with Crippen LogP contribution in [0.3, 0.4) is 0 Å². The van der Waals surface area contributed by atoms with Crippen molar-refractivity contribution < 1.29 is 24.2 Å². The number of carbonyl (C=O) groups excluding carboxylic acids is 1. The van der Waals surface area contributed by atoms with E-state index < -0.39 is 5.97 Å². The standard InChI is InChI=1S/C19H18N2O5S/c1-10(2)26-16-13-8-12(25-3)5-6-14(13)27-17(16)18(22)21-15-7-4-11(9-20-15)19(23)24/h4-10H,1-3H3,(H,23,24)(H,20,21,22). The quantitative estimate of drug-likeness (QED) is 0.663. The Morgan fingerprint density at radius 2 is 2.00 bits per heavy atom. The average Bonchev–Trinajstić information content (AvgIpc) is 2.99. The van der Waals surface area contributed by atoms with Crippen LogP contribution in [0, 0.1) is 0 Å². The number of carboxylic acid groups (broad SMARTS) is 1. The molecule has 0 radical (unpaired) electrons. The second kappa shape index (κ2) is 7.63. The van der Waals surface area contributed by atoms with E-state index in [9.17, 15) is 9.59 Å². The van der Waals surface area contributed by atoms with Gasteiger partial charge in [-0.2, -0.15) is 0 Å². The number of carboxylic acids is 1. The van der Waals surface area contributed by atoms with Gasteiger partial charge >= 0.3 is 5.97 Å². The maximum Gasteiger partial charge on any atom is 0.337 e. The second-order valence-corrected chi connectivity index (χ2v) is 7.03. The summed E-state index contributed by atoms with van der Waals surface area (Å²) in [5.41, 5.74) is 0.0470. The third kappa shape index (κ3) is 4.01. The summed E-state index contributed by atoms with van der Waals surface area (Å²) in [4.78, 5) is 28.1. The molecule has 2 N–H and O–H groups in total. The molecule has 0 aliphatic heterocycles. The Labute approximate surface area is 159 Å². The first-order valence-electron chi connectivity index (χ1n) is 8.17. The van der Waals surface area contributed by atoms with Crippen LogP contribution in [0.25, 0.3) is 10.1 Å². The normalized spacial score (nSPS) is 10.8. The molecule has 1 aromatic carbocycles. The lowest BCUT2D eigenvalue weighted by molar-refractivity contribution is 0.0696. The molecule has 0 saturated carbocycles. The third-order valence-corrected chi connectivity index (χ3v) is 4.81. The first-order chi connectivity index (χ1) is 12.9. The van der Waals surface area contributed by atoms with E-state index in [4.69, 9.17) is 14.6 Å². The molecule has 0 aliphatic rings. The summed E-state index contributed by atoms with van der Waals surface area (Å²) in [5, 5.41) is 12.4. The molecular formula is C19H18N2O5S. The van der Waals surface area contributed by atoms with Gasteiger partial charge in [-0.15, -0.1) is 11.3 Å². The monoisotopic (exact) mass is 386 g/mol. The molecule has 3 rings (SSSR count). The number of thiophene rings is 1. The van der Waals surface area contributed by atoms with Crippen molar-refractivity contribution in [2.45, 2.75) is 20.0 Å². The minimum absolute atomic E-state index is 0.0470. The Morgan fingerprint density at radius 3 is 2.59 bits per heavy atom. The first-order valence-corrected chi connectivity index (χ1v) is 8.98. The highest BCUT2D eigenvalue weighted by Crippen LogP contribution is 2.40. The Bertz CT molecular complexity index is 995. The van der Waals surface area contributed by atoms with Crippen LogP contribution >= 0.6 is 11.3 Å². The van der Waals surface area contributed by atoms with Crippen LogP contribution in [0.2, 0.25) is 0 Å². The number of amides is 1. The molecule has 0 saturated heterocycles. The van der Waals surface area contributed by atoms with Gasteiger partial charge in [-0.3, -0.25) is 4.79 Å². The highest BCUT2D eigenvalue weighted by Gasteiger charge is 2.22. The Morgan fingerprint density at radius 1 is 1.22 bits per heavy atom. The number of hydrogen-bond donors (Lipinski definition) is 2. The average molecular weight is 386 g/mol. The minimum Gasteiger partial charge on any atom is -0.497 e. The van der Waals surface area contributed by atoms with E-state index in [0.29, 0.717) is 16.4 Å². The predicted molar refractivity (Wildman–Crippen MR) is 103 cm³/mol. The van der Waals surface area contributed by atoms with E-state index >= 15 is 0 Å². The van der Waals surface area contributed by atoms with Gasteiger partial charge in [-0.1, -0.05) is 0 Å². The van der Waals surface area contributed by atoms with Crippen molar-refractivity contribution in [1.82, 2.24) is 4.98 Å². The van der Waals surface area contributed by atoms with Gasteiger partial charge in [0, 0.05) is 16.3 Å². The highest BCUT2D eigenvalue weighted by molar-refractivity contribution is 7.21. The molecule has 3 aromatic rings. The molecule has 7 nitrogen and oxygen atoms in total. The molecule has 2 aromatic heterocycles.